The van der Waals surface area contributed by atoms with Gasteiger partial charge in [-0.1, -0.05) is 36.4 Å². The number of hydrogen-bond acceptors (Lipinski definition) is 4. The van der Waals surface area contributed by atoms with E-state index in [1.54, 1.807) is 43.3 Å². The maximum atomic E-state index is 12.2. The van der Waals surface area contributed by atoms with Gasteiger partial charge >= 0.3 is 6.03 Å². The summed E-state index contributed by atoms with van der Waals surface area (Å²) < 4.78 is 0. The Morgan fingerprint density at radius 2 is 1.52 bits per heavy atom. The van der Waals surface area contributed by atoms with Crippen molar-refractivity contribution in [2.75, 3.05) is 10.0 Å². The third-order valence-corrected chi connectivity index (χ3v) is 2.91. The molecule has 0 radical (unpaired) electrons. The molecule has 6 heteroatoms. The highest BCUT2D eigenvalue weighted by Gasteiger charge is 2.26. The maximum absolute atomic E-state index is 12.2. The van der Waals surface area contributed by atoms with Gasteiger partial charge in [0.1, 0.15) is 6.23 Å². The van der Waals surface area contributed by atoms with Gasteiger partial charge in [-0.25, -0.2) is 15.6 Å². The van der Waals surface area contributed by atoms with E-state index in [9.17, 15) is 9.90 Å². The van der Waals surface area contributed by atoms with Crippen LogP contribution in [-0.4, -0.2) is 17.4 Å². The SMILES string of the molecule is CC(O)N(c1ccccc1)N(C(=O)NN)c1ccccc1. The molecule has 2 rings (SSSR count). The largest absolute Gasteiger partial charge is 0.372 e. The lowest BCUT2D eigenvalue weighted by Gasteiger charge is -2.37. The second kappa shape index (κ2) is 6.74. The van der Waals surface area contributed by atoms with Gasteiger partial charge in [-0.15, -0.1) is 0 Å². The standard InChI is InChI=1S/C15H18N4O2/c1-12(20)18(13-8-4-2-5-9-13)19(15(21)17-16)14-10-6-3-7-11-14/h2-12,20H,16H2,1H3,(H,17,21). The number of para-hydroxylation sites is 2. The van der Waals surface area contributed by atoms with Gasteiger partial charge in [0.25, 0.3) is 0 Å². The van der Waals surface area contributed by atoms with E-state index in [2.05, 4.69) is 5.43 Å². The lowest BCUT2D eigenvalue weighted by Crippen LogP contribution is -2.56. The summed E-state index contributed by atoms with van der Waals surface area (Å²) in [6.07, 6.45) is -0.926. The summed E-state index contributed by atoms with van der Waals surface area (Å²) in [7, 11) is 0. The van der Waals surface area contributed by atoms with Crippen molar-refractivity contribution in [2.24, 2.45) is 5.84 Å². The number of hydrazine groups is 2. The van der Waals surface area contributed by atoms with Crippen molar-refractivity contribution < 1.29 is 9.90 Å². The van der Waals surface area contributed by atoms with Crippen molar-refractivity contribution in [3.8, 4) is 0 Å². The minimum atomic E-state index is -0.926. The van der Waals surface area contributed by atoms with Gasteiger partial charge in [0, 0.05) is 0 Å². The van der Waals surface area contributed by atoms with E-state index in [1.165, 1.54) is 10.0 Å². The highest BCUT2D eigenvalue weighted by molar-refractivity contribution is 5.94. The quantitative estimate of drug-likeness (QED) is 0.347. The van der Waals surface area contributed by atoms with E-state index >= 15 is 0 Å². The molecular weight excluding hydrogens is 268 g/mol. The Bertz CT molecular complexity index is 575. The Morgan fingerprint density at radius 1 is 1.05 bits per heavy atom. The van der Waals surface area contributed by atoms with Crippen molar-refractivity contribution in [3.05, 3.63) is 60.7 Å². The number of carbonyl (C=O) groups excluding carboxylic acids is 1. The molecule has 0 aliphatic heterocycles. The summed E-state index contributed by atoms with van der Waals surface area (Å²) in [5.74, 6) is 5.28. The van der Waals surface area contributed by atoms with E-state index in [4.69, 9.17) is 5.84 Å². The highest BCUT2D eigenvalue weighted by atomic mass is 16.3. The smallest absolute Gasteiger partial charge is 0.355 e. The number of aliphatic hydroxyl groups excluding tert-OH is 1. The Morgan fingerprint density at radius 3 is 1.95 bits per heavy atom. The van der Waals surface area contributed by atoms with Crippen LogP contribution in [0.5, 0.6) is 0 Å². The van der Waals surface area contributed by atoms with Gasteiger partial charge in [0.15, 0.2) is 0 Å². The van der Waals surface area contributed by atoms with Crippen LogP contribution in [0, 0.1) is 0 Å². The van der Waals surface area contributed by atoms with Crippen LogP contribution in [0.1, 0.15) is 6.92 Å². The normalized spacial score (nSPS) is 11.6. The molecule has 1 atom stereocenters. The molecule has 0 aliphatic rings. The summed E-state index contributed by atoms with van der Waals surface area (Å²) in [6, 6.07) is 17.5. The first-order chi connectivity index (χ1) is 10.1. The van der Waals surface area contributed by atoms with Crippen LogP contribution in [0.4, 0.5) is 16.2 Å². The van der Waals surface area contributed by atoms with Crippen LogP contribution in [0.2, 0.25) is 0 Å². The van der Waals surface area contributed by atoms with Crippen LogP contribution in [0.15, 0.2) is 60.7 Å². The Hall–Kier alpha value is -2.57. The van der Waals surface area contributed by atoms with Crippen molar-refractivity contribution in [2.45, 2.75) is 13.2 Å². The van der Waals surface area contributed by atoms with Crippen LogP contribution >= 0.6 is 0 Å². The Balaban J connectivity index is 2.49. The zero-order valence-corrected chi connectivity index (χ0v) is 11.7. The third-order valence-electron chi connectivity index (χ3n) is 2.91. The number of amides is 2. The molecule has 2 aromatic rings. The number of nitrogens with zero attached hydrogens (tertiary/aromatic N) is 2. The number of hydrogen-bond donors (Lipinski definition) is 3. The van der Waals surface area contributed by atoms with Crippen LogP contribution in [0.3, 0.4) is 0 Å². The minimum absolute atomic E-state index is 0.550. The molecule has 0 spiro atoms. The first kappa shape index (κ1) is 14.8. The number of aliphatic hydroxyl groups is 1. The molecular formula is C15H18N4O2. The van der Waals surface area contributed by atoms with Crippen LogP contribution < -0.4 is 21.3 Å². The van der Waals surface area contributed by atoms with E-state index in [0.717, 1.165) is 0 Å². The molecule has 0 saturated heterocycles. The summed E-state index contributed by atoms with van der Waals surface area (Å²) in [5.41, 5.74) is 3.36. The fourth-order valence-electron chi connectivity index (χ4n) is 2.05. The van der Waals surface area contributed by atoms with Crippen molar-refractivity contribution in [1.82, 2.24) is 5.43 Å². The van der Waals surface area contributed by atoms with Gasteiger partial charge < -0.3 is 5.11 Å². The predicted octanol–water partition coefficient (Wildman–Crippen LogP) is 1.84. The molecule has 2 aromatic carbocycles. The number of nitrogens with one attached hydrogen (secondary N) is 1. The highest BCUT2D eigenvalue weighted by Crippen LogP contribution is 2.24. The second-order valence-corrected chi connectivity index (χ2v) is 4.41. The van der Waals surface area contributed by atoms with Crippen LogP contribution in [-0.2, 0) is 0 Å². The number of anilines is 2. The molecule has 110 valence electrons. The molecule has 2 amide bonds. The summed E-state index contributed by atoms with van der Waals surface area (Å²) in [4.78, 5) is 12.2. The summed E-state index contributed by atoms with van der Waals surface area (Å²) in [5, 5.41) is 12.9. The van der Waals surface area contributed by atoms with Gasteiger partial charge in [0.2, 0.25) is 0 Å². The van der Waals surface area contributed by atoms with Crippen LogP contribution in [0.25, 0.3) is 0 Å². The van der Waals surface area contributed by atoms with E-state index in [0.29, 0.717) is 11.4 Å². The van der Waals surface area contributed by atoms with Gasteiger partial charge in [0.05, 0.1) is 11.4 Å². The number of nitrogens with two attached hydrogens (primary N) is 1. The molecule has 21 heavy (non-hydrogen) atoms. The number of urea groups is 1. The number of carbonyl (C=O) groups is 1. The minimum Gasteiger partial charge on any atom is -0.372 e. The molecule has 0 aliphatic carbocycles. The van der Waals surface area contributed by atoms with Gasteiger partial charge in [-0.2, -0.15) is 5.01 Å². The molecule has 0 fully saturated rings. The monoisotopic (exact) mass is 286 g/mol. The van der Waals surface area contributed by atoms with Gasteiger partial charge in [-0.3, -0.25) is 5.43 Å². The first-order valence-corrected chi connectivity index (χ1v) is 6.53. The second-order valence-electron chi connectivity index (χ2n) is 4.41. The maximum Gasteiger partial charge on any atom is 0.355 e. The lowest BCUT2D eigenvalue weighted by atomic mass is 10.3. The molecule has 1 unspecified atom stereocenters. The zero-order valence-electron chi connectivity index (χ0n) is 11.7. The molecule has 6 nitrogen and oxygen atoms in total. The number of benzene rings is 2. The van der Waals surface area contributed by atoms with Crippen molar-refractivity contribution in [1.29, 1.82) is 0 Å². The van der Waals surface area contributed by atoms with Crippen molar-refractivity contribution in [3.63, 3.8) is 0 Å². The Kier molecular flexibility index (Phi) is 4.76. The summed E-state index contributed by atoms with van der Waals surface area (Å²) >= 11 is 0. The predicted molar refractivity (Wildman–Crippen MR) is 82.2 cm³/mol. The van der Waals surface area contributed by atoms with Gasteiger partial charge in [-0.05, 0) is 31.2 Å². The topological polar surface area (TPSA) is 81.8 Å². The lowest BCUT2D eigenvalue weighted by molar-refractivity contribution is 0.182. The first-order valence-electron chi connectivity index (χ1n) is 6.53. The number of rotatable bonds is 4. The fraction of sp³-hybridized carbons (Fsp3) is 0.133. The molecule has 0 aromatic heterocycles. The fourth-order valence-corrected chi connectivity index (χ4v) is 2.05. The molecule has 0 saturated carbocycles. The van der Waals surface area contributed by atoms with E-state index < -0.39 is 12.3 Å². The average Bonchev–Trinajstić information content (AvgIpc) is 2.53. The average molecular weight is 286 g/mol. The molecule has 0 bridgehead atoms. The summed E-state index contributed by atoms with van der Waals surface area (Å²) in [6.45, 7) is 1.58. The molecule has 4 N–H and O–H groups in total. The zero-order chi connectivity index (χ0) is 15.2. The van der Waals surface area contributed by atoms with E-state index in [1.807, 2.05) is 24.3 Å². The molecule has 0 heterocycles. The van der Waals surface area contributed by atoms with Crippen molar-refractivity contribution >= 4 is 17.4 Å². The van der Waals surface area contributed by atoms with E-state index in [-0.39, 0.29) is 0 Å². The third kappa shape index (κ3) is 3.31. The Labute approximate surface area is 123 Å².